The van der Waals surface area contributed by atoms with Crippen LogP contribution in [0, 0.1) is 0 Å². The molecular weight excluding hydrogens is 425 g/mol. The van der Waals surface area contributed by atoms with E-state index in [1.54, 1.807) is 0 Å². The zero-order valence-corrected chi connectivity index (χ0v) is 20.3. The van der Waals surface area contributed by atoms with Gasteiger partial charge in [-0.1, -0.05) is 73.8 Å². The molecule has 0 bridgehead atoms. The molecule has 0 fully saturated rings. The number of rotatable bonds is 4. The van der Waals surface area contributed by atoms with Crippen LogP contribution in [0.2, 0.25) is 13.1 Å². The van der Waals surface area contributed by atoms with E-state index in [0.717, 1.165) is 0 Å². The maximum Gasteiger partial charge on any atom is 3.00 e. The van der Waals surface area contributed by atoms with Gasteiger partial charge in [0, 0.05) is 11.1 Å². The van der Waals surface area contributed by atoms with Crippen LogP contribution in [0.5, 0.6) is 0 Å². The van der Waals surface area contributed by atoms with Gasteiger partial charge in [-0.3, -0.25) is 0 Å². The van der Waals surface area contributed by atoms with Crippen molar-refractivity contribution in [2.45, 2.75) is 44.9 Å². The summed E-state index contributed by atoms with van der Waals surface area (Å²) in [6.07, 6.45) is 0. The normalized spacial score (nSPS) is 10.6. The first kappa shape index (κ1) is 29.9. The molecular formula is C19H27Cl3NSiTi. The molecule has 1 nitrogen and oxygen atoms in total. The molecule has 137 valence electrons. The fourth-order valence-corrected chi connectivity index (χ4v) is 7.48. The van der Waals surface area contributed by atoms with Crippen LogP contribution in [-0.2, 0) is 21.7 Å². The number of hydrogen-bond donors (Lipinski definition) is 1. The van der Waals surface area contributed by atoms with Gasteiger partial charge >= 0.3 is 21.7 Å². The third-order valence-corrected chi connectivity index (χ3v) is 7.19. The van der Waals surface area contributed by atoms with Crippen LogP contribution in [0.15, 0.2) is 60.7 Å². The Morgan fingerprint density at radius 3 is 1.32 bits per heavy atom. The van der Waals surface area contributed by atoms with Gasteiger partial charge in [-0.15, -0.1) is 0 Å². The molecule has 0 aliphatic rings. The summed E-state index contributed by atoms with van der Waals surface area (Å²) in [5.41, 5.74) is 3.42. The Hall–Kier alpha value is 0.201. The largest absolute Gasteiger partial charge is 3.00 e. The van der Waals surface area contributed by atoms with Crippen molar-refractivity contribution < 1.29 is 58.9 Å². The molecule has 0 saturated carbocycles. The van der Waals surface area contributed by atoms with Gasteiger partial charge in [0.2, 0.25) is 0 Å². The summed E-state index contributed by atoms with van der Waals surface area (Å²) in [6, 6.07) is 21.8. The van der Waals surface area contributed by atoms with Crippen LogP contribution in [0.25, 0.3) is 0 Å². The third-order valence-electron chi connectivity index (χ3n) is 3.68. The zero-order chi connectivity index (χ0) is 15.5. The molecule has 0 heterocycles. The number of benzene rings is 2. The van der Waals surface area contributed by atoms with Gasteiger partial charge in [0.05, 0.1) is 0 Å². The maximum absolute atomic E-state index is 3.93. The van der Waals surface area contributed by atoms with Crippen molar-refractivity contribution in [2.75, 3.05) is 0 Å². The first-order valence-corrected chi connectivity index (χ1v) is 10.8. The van der Waals surface area contributed by atoms with E-state index < -0.39 is 8.24 Å². The first-order valence-electron chi connectivity index (χ1n) is 7.69. The summed E-state index contributed by atoms with van der Waals surface area (Å²) >= 11 is 0. The molecule has 0 spiro atoms. The van der Waals surface area contributed by atoms with Crippen LogP contribution in [0.1, 0.15) is 37.4 Å². The molecule has 1 radical (unpaired) electrons. The van der Waals surface area contributed by atoms with E-state index in [1.165, 1.54) is 11.1 Å². The summed E-state index contributed by atoms with van der Waals surface area (Å²) in [6.45, 7) is 11.6. The van der Waals surface area contributed by atoms with Gasteiger partial charge in [-0.05, 0) is 31.9 Å². The van der Waals surface area contributed by atoms with Crippen molar-refractivity contribution in [3.05, 3.63) is 71.8 Å². The average Bonchev–Trinajstić information content (AvgIpc) is 2.38. The van der Waals surface area contributed by atoms with E-state index in [4.69, 9.17) is 0 Å². The molecule has 6 heteroatoms. The Morgan fingerprint density at radius 1 is 0.720 bits per heavy atom. The van der Waals surface area contributed by atoms with Crippen LogP contribution < -0.4 is 42.2 Å². The van der Waals surface area contributed by atoms with Crippen LogP contribution in [-0.4, -0.2) is 13.8 Å². The molecule has 1 N–H and O–H groups in total. The van der Waals surface area contributed by atoms with Crippen LogP contribution in [0.3, 0.4) is 0 Å². The van der Waals surface area contributed by atoms with Crippen molar-refractivity contribution in [1.29, 1.82) is 0 Å². The van der Waals surface area contributed by atoms with Gasteiger partial charge in [0.15, 0.2) is 0 Å². The predicted octanol–water partition coefficient (Wildman–Crippen LogP) is -4.04. The van der Waals surface area contributed by atoms with Crippen LogP contribution in [0.4, 0.5) is 0 Å². The summed E-state index contributed by atoms with van der Waals surface area (Å²) in [5.74, 6) is 0. The van der Waals surface area contributed by atoms with E-state index in [9.17, 15) is 0 Å². The van der Waals surface area contributed by atoms with E-state index in [0.29, 0.717) is 5.54 Å². The molecule has 2 rings (SSSR count). The van der Waals surface area contributed by atoms with Crippen molar-refractivity contribution in [3.8, 4) is 0 Å². The maximum atomic E-state index is 3.93. The Bertz CT molecular complexity index is 535. The Morgan fingerprint density at radius 2 is 1.04 bits per heavy atom. The molecule has 0 aliphatic carbocycles. The fraction of sp³-hybridized carbons (Fsp3) is 0.368. The Labute approximate surface area is 188 Å². The van der Waals surface area contributed by atoms with E-state index in [1.807, 2.05) is 0 Å². The van der Waals surface area contributed by atoms with Gasteiger partial charge in [0.25, 0.3) is 0 Å². The number of halogens is 3. The molecule has 0 amide bonds. The van der Waals surface area contributed by atoms with Crippen molar-refractivity contribution in [1.82, 2.24) is 4.98 Å². The first-order chi connectivity index (χ1) is 9.80. The second kappa shape index (κ2) is 12.6. The van der Waals surface area contributed by atoms with Gasteiger partial charge in [-0.2, -0.15) is 0 Å². The topological polar surface area (TPSA) is 12.0 Å². The van der Waals surface area contributed by atoms with E-state index in [-0.39, 0.29) is 64.5 Å². The minimum atomic E-state index is -1.70. The SMILES string of the molecule is CC(C)(C)N[Si](C)(C)C(c1ccccc1)c1ccccc1.[Cl-].[Cl-].[Cl-].[Ti+3]. The average molecular weight is 452 g/mol. The van der Waals surface area contributed by atoms with Crippen molar-refractivity contribution >= 4 is 8.24 Å². The molecule has 2 aromatic rings. The van der Waals surface area contributed by atoms with Gasteiger partial charge < -0.3 is 42.2 Å². The monoisotopic (exact) mass is 450 g/mol. The molecule has 2 aromatic carbocycles. The van der Waals surface area contributed by atoms with Crippen molar-refractivity contribution in [2.24, 2.45) is 0 Å². The standard InChI is InChI=1S/C19H27NSi.3ClH.Ti/c1-19(2,3)20-21(4,5)18(16-12-8-6-9-13-16)17-14-10-7-11-15-17;;;;/h6-15,18,20H,1-5H3;3*1H;/q;;;;+3/p-3. The fourth-order valence-electron chi connectivity index (χ4n) is 3.36. The second-order valence-electron chi connectivity index (χ2n) is 7.35. The van der Waals surface area contributed by atoms with Gasteiger partial charge in [-0.25, -0.2) is 0 Å². The molecule has 0 saturated heterocycles. The molecule has 0 aliphatic heterocycles. The third kappa shape index (κ3) is 9.10. The molecule has 0 atom stereocenters. The minimum Gasteiger partial charge on any atom is -1.00 e. The summed E-state index contributed by atoms with van der Waals surface area (Å²) in [7, 11) is -1.70. The van der Waals surface area contributed by atoms with Gasteiger partial charge in [0.1, 0.15) is 8.24 Å². The quantitative estimate of drug-likeness (QED) is 0.467. The summed E-state index contributed by atoms with van der Waals surface area (Å²) in [5, 5.41) is 0. The summed E-state index contributed by atoms with van der Waals surface area (Å²) < 4.78 is 0. The Balaban J connectivity index is -0.00000121. The predicted molar refractivity (Wildman–Crippen MR) is 95.1 cm³/mol. The zero-order valence-electron chi connectivity index (χ0n) is 15.5. The van der Waals surface area contributed by atoms with Crippen LogP contribution >= 0.6 is 0 Å². The molecule has 25 heavy (non-hydrogen) atoms. The van der Waals surface area contributed by atoms with E-state index in [2.05, 4.69) is 99.5 Å². The number of nitrogens with one attached hydrogen (secondary N) is 1. The van der Waals surface area contributed by atoms with E-state index >= 15 is 0 Å². The molecule has 0 unspecified atom stereocenters. The molecule has 0 aromatic heterocycles. The van der Waals surface area contributed by atoms with Crippen molar-refractivity contribution in [3.63, 3.8) is 0 Å². The summed E-state index contributed by atoms with van der Waals surface area (Å²) in [4.78, 5) is 3.93. The second-order valence-corrected chi connectivity index (χ2v) is 11.6. The smallest absolute Gasteiger partial charge is 1.00 e. The number of hydrogen-bond acceptors (Lipinski definition) is 1. The minimum absolute atomic E-state index is 0. The Kier molecular flexibility index (Phi) is 15.0.